The number of carbonyl (C=O) groups is 1. The second-order valence-corrected chi connectivity index (χ2v) is 11.2. The number of carbonyl (C=O) groups excluding carboxylic acids is 1. The van der Waals surface area contributed by atoms with Crippen LogP contribution in [0.1, 0.15) is 18.1 Å². The van der Waals surface area contributed by atoms with Crippen molar-refractivity contribution in [3.8, 4) is 0 Å². The number of halogens is 1. The highest BCUT2D eigenvalue weighted by atomic mass is 32.2. The Labute approximate surface area is 217 Å². The fourth-order valence-electron chi connectivity index (χ4n) is 4.52. The summed E-state index contributed by atoms with van der Waals surface area (Å²) in [4.78, 5) is 31.3. The summed E-state index contributed by atoms with van der Waals surface area (Å²) in [7, 11) is 0. The molecule has 5 nitrogen and oxygen atoms in total. The van der Waals surface area contributed by atoms with Gasteiger partial charge in [-0.05, 0) is 36.8 Å². The van der Waals surface area contributed by atoms with Crippen molar-refractivity contribution >= 4 is 68.6 Å². The van der Waals surface area contributed by atoms with Crippen LogP contribution in [0, 0.1) is 5.82 Å². The molecule has 5 rings (SSSR count). The average Bonchev–Trinajstić information content (AvgIpc) is 3.13. The van der Waals surface area contributed by atoms with Gasteiger partial charge in [0.05, 0.1) is 28.2 Å². The summed E-state index contributed by atoms with van der Waals surface area (Å²) in [6, 6.07) is 14.0. The first kappa shape index (κ1) is 24.1. The predicted molar refractivity (Wildman–Crippen MR) is 149 cm³/mol. The molecule has 0 aliphatic carbocycles. The maximum Gasteiger partial charge on any atom is 0.266 e. The van der Waals surface area contributed by atoms with Crippen LogP contribution in [-0.4, -0.2) is 44.3 Å². The Morgan fingerprint density at radius 3 is 2.49 bits per heavy atom. The van der Waals surface area contributed by atoms with Crippen molar-refractivity contribution in [2.75, 3.05) is 29.5 Å². The highest BCUT2D eigenvalue weighted by Gasteiger charge is 2.33. The Morgan fingerprint density at radius 1 is 1.06 bits per heavy atom. The highest BCUT2D eigenvalue weighted by Crippen LogP contribution is 2.37. The minimum absolute atomic E-state index is 0.108. The molecule has 0 spiro atoms. The van der Waals surface area contributed by atoms with Crippen LogP contribution in [0.2, 0.25) is 0 Å². The van der Waals surface area contributed by atoms with E-state index in [1.54, 1.807) is 22.8 Å². The molecule has 1 aromatic heterocycles. The molecule has 0 atom stereocenters. The Bertz CT molecular complexity index is 1400. The van der Waals surface area contributed by atoms with Crippen molar-refractivity contribution in [2.45, 2.75) is 20.0 Å². The van der Waals surface area contributed by atoms with Crippen LogP contribution in [0.4, 0.5) is 10.1 Å². The zero-order valence-corrected chi connectivity index (χ0v) is 21.6. The molecule has 180 valence electrons. The van der Waals surface area contributed by atoms with Crippen molar-refractivity contribution in [2.24, 2.45) is 0 Å². The number of thioether (sulfide) groups is 2. The first-order valence-corrected chi connectivity index (χ1v) is 13.8. The van der Waals surface area contributed by atoms with E-state index in [4.69, 9.17) is 12.2 Å². The van der Waals surface area contributed by atoms with E-state index in [1.807, 2.05) is 36.9 Å². The number of fused-ring (bicyclic) bond motifs is 1. The summed E-state index contributed by atoms with van der Waals surface area (Å²) < 4.78 is 15.5. The molecule has 2 aromatic carbocycles. The molecular formula is C26H24FN3O2S3. The van der Waals surface area contributed by atoms with Crippen LogP contribution < -0.4 is 10.5 Å². The van der Waals surface area contributed by atoms with Crippen molar-refractivity contribution in [1.29, 1.82) is 0 Å². The number of amides is 1. The molecule has 2 aliphatic heterocycles. The van der Waals surface area contributed by atoms with Crippen LogP contribution in [0.15, 0.2) is 58.2 Å². The molecule has 1 amide bonds. The number of para-hydroxylation sites is 1. The SMILES string of the molecule is CCn1c(=O)c(C=C2SC(=S)N(Cc3ccc(F)cc3)C2=O)c(N2CCSCC2)c2ccccc21. The van der Waals surface area contributed by atoms with Gasteiger partial charge in [-0.1, -0.05) is 54.3 Å². The van der Waals surface area contributed by atoms with E-state index in [1.165, 1.54) is 28.8 Å². The molecule has 0 radical (unpaired) electrons. The van der Waals surface area contributed by atoms with E-state index in [0.29, 0.717) is 21.3 Å². The van der Waals surface area contributed by atoms with Gasteiger partial charge >= 0.3 is 0 Å². The number of benzene rings is 2. The van der Waals surface area contributed by atoms with E-state index >= 15 is 0 Å². The normalized spacial score (nSPS) is 17.7. The molecule has 9 heteroatoms. The largest absolute Gasteiger partial charge is 0.369 e. The van der Waals surface area contributed by atoms with Crippen molar-refractivity contribution in [1.82, 2.24) is 9.47 Å². The molecule has 2 aliphatic rings. The number of aryl methyl sites for hydroxylation is 1. The Hall–Kier alpha value is -2.62. The van der Waals surface area contributed by atoms with Gasteiger partial charge in [0, 0.05) is 36.5 Å². The minimum atomic E-state index is -0.328. The first-order valence-electron chi connectivity index (χ1n) is 11.5. The molecule has 0 bridgehead atoms. The molecule has 3 heterocycles. The molecule has 3 aromatic rings. The summed E-state index contributed by atoms with van der Waals surface area (Å²) in [6.45, 7) is 4.43. The first-order chi connectivity index (χ1) is 17.0. The summed E-state index contributed by atoms with van der Waals surface area (Å²) in [5, 5.41) is 1.01. The van der Waals surface area contributed by atoms with Gasteiger partial charge in [0.1, 0.15) is 10.1 Å². The van der Waals surface area contributed by atoms with Crippen LogP contribution in [-0.2, 0) is 17.9 Å². The molecule has 0 unspecified atom stereocenters. The van der Waals surface area contributed by atoms with Gasteiger partial charge in [-0.2, -0.15) is 11.8 Å². The summed E-state index contributed by atoms with van der Waals surface area (Å²) >= 11 is 8.62. The number of aromatic nitrogens is 1. The summed E-state index contributed by atoms with van der Waals surface area (Å²) in [5.41, 5.74) is 2.99. The summed E-state index contributed by atoms with van der Waals surface area (Å²) in [5.74, 6) is 1.42. The zero-order valence-electron chi connectivity index (χ0n) is 19.2. The van der Waals surface area contributed by atoms with E-state index in [9.17, 15) is 14.0 Å². The number of pyridine rings is 1. The fraction of sp³-hybridized carbons (Fsp3) is 0.269. The molecule has 35 heavy (non-hydrogen) atoms. The van der Waals surface area contributed by atoms with Crippen molar-refractivity contribution in [3.63, 3.8) is 0 Å². The second kappa shape index (κ2) is 10.2. The van der Waals surface area contributed by atoms with E-state index in [-0.39, 0.29) is 23.8 Å². The van der Waals surface area contributed by atoms with E-state index in [2.05, 4.69) is 11.0 Å². The number of thiocarbonyl (C=S) groups is 1. The lowest BCUT2D eigenvalue weighted by molar-refractivity contribution is -0.122. The second-order valence-electron chi connectivity index (χ2n) is 8.32. The number of anilines is 1. The maximum atomic E-state index is 13.7. The smallest absolute Gasteiger partial charge is 0.266 e. The lowest BCUT2D eigenvalue weighted by atomic mass is 10.1. The van der Waals surface area contributed by atoms with Gasteiger partial charge in [0.25, 0.3) is 11.5 Å². The minimum Gasteiger partial charge on any atom is -0.369 e. The van der Waals surface area contributed by atoms with Gasteiger partial charge < -0.3 is 9.47 Å². The third-order valence-corrected chi connectivity index (χ3v) is 8.55. The van der Waals surface area contributed by atoms with Crippen molar-refractivity contribution in [3.05, 3.63) is 80.7 Å². The third kappa shape index (κ3) is 4.64. The van der Waals surface area contributed by atoms with Gasteiger partial charge in [-0.3, -0.25) is 14.5 Å². The van der Waals surface area contributed by atoms with Gasteiger partial charge in [-0.25, -0.2) is 4.39 Å². The Kier molecular flexibility index (Phi) is 7.00. The molecule has 2 saturated heterocycles. The molecular weight excluding hydrogens is 502 g/mol. The topological polar surface area (TPSA) is 45.6 Å². The molecule has 2 fully saturated rings. The monoisotopic (exact) mass is 525 g/mol. The number of hydrogen-bond acceptors (Lipinski definition) is 6. The molecule has 0 saturated carbocycles. The zero-order chi connectivity index (χ0) is 24.5. The third-order valence-electron chi connectivity index (χ3n) is 6.23. The lowest BCUT2D eigenvalue weighted by Gasteiger charge is -2.31. The standard InChI is InChI=1S/C26H24FN3O2S3/c1-2-29-21-6-4-3-5-19(21)23(28-11-13-34-14-12-28)20(24(29)31)15-22-25(32)30(26(33)35-22)16-17-7-9-18(27)10-8-17/h3-10,15H,2,11-14,16H2,1H3. The number of nitrogens with zero attached hydrogens (tertiary/aromatic N) is 3. The quantitative estimate of drug-likeness (QED) is 0.341. The number of rotatable bonds is 5. The summed E-state index contributed by atoms with van der Waals surface area (Å²) in [6.07, 6.45) is 1.72. The molecule has 0 N–H and O–H groups in total. The highest BCUT2D eigenvalue weighted by molar-refractivity contribution is 8.26. The average molecular weight is 526 g/mol. The lowest BCUT2D eigenvalue weighted by Crippen LogP contribution is -2.35. The Morgan fingerprint density at radius 2 is 1.77 bits per heavy atom. The number of hydrogen-bond donors (Lipinski definition) is 0. The van der Waals surface area contributed by atoms with E-state index in [0.717, 1.165) is 46.7 Å². The van der Waals surface area contributed by atoms with Crippen LogP contribution in [0.5, 0.6) is 0 Å². The van der Waals surface area contributed by atoms with Gasteiger partial charge in [0.15, 0.2) is 0 Å². The van der Waals surface area contributed by atoms with Crippen LogP contribution >= 0.6 is 35.7 Å². The van der Waals surface area contributed by atoms with Gasteiger partial charge in [-0.15, -0.1) is 0 Å². The maximum absolute atomic E-state index is 13.7. The van der Waals surface area contributed by atoms with E-state index < -0.39 is 0 Å². The van der Waals surface area contributed by atoms with Crippen LogP contribution in [0.25, 0.3) is 17.0 Å². The predicted octanol–water partition coefficient (Wildman–Crippen LogP) is 5.12. The fourth-order valence-corrected chi connectivity index (χ4v) is 6.66. The Balaban J connectivity index is 1.61. The van der Waals surface area contributed by atoms with Crippen LogP contribution in [0.3, 0.4) is 0 Å². The van der Waals surface area contributed by atoms with Gasteiger partial charge in [0.2, 0.25) is 0 Å². The van der Waals surface area contributed by atoms with Crippen molar-refractivity contribution < 1.29 is 9.18 Å².